The number of non-ortho nitro benzene ring substituents is 1. The Labute approximate surface area is 226 Å². The topological polar surface area (TPSA) is 119 Å². The Morgan fingerprint density at radius 1 is 0.763 bits per heavy atom. The van der Waals surface area contributed by atoms with Gasteiger partial charge in [0, 0.05) is 39.5 Å². The standard InChI is InChI=1S/C27H21Cl2N5O4/c1-15-23(26(35)32(30-15)20-10-6-18(28)7-11-20)25(17-4-3-5-22(14-17)34(37)38)24-16(2)31-33(27(24)36)21-12-8-19(29)9-13-21/h3-14,25,30-31H,1-2H3. The summed E-state index contributed by atoms with van der Waals surface area (Å²) in [5, 5.41) is 18.8. The SMILES string of the molecule is Cc1[nH]n(-c2ccc(Cl)cc2)c(=O)c1C(c1cccc([N+](=O)[O-])c1)c1c(C)[nH]n(-c2ccc(Cl)cc2)c1=O. The molecule has 3 aromatic carbocycles. The number of nitro benzene ring substituents is 1. The number of H-pyrrole nitrogens is 2. The molecule has 0 fully saturated rings. The van der Waals surface area contributed by atoms with Crippen molar-refractivity contribution in [3.63, 3.8) is 0 Å². The van der Waals surface area contributed by atoms with Crippen LogP contribution < -0.4 is 11.1 Å². The molecule has 2 N–H and O–H groups in total. The highest BCUT2D eigenvalue weighted by Gasteiger charge is 2.31. The van der Waals surface area contributed by atoms with Crippen molar-refractivity contribution in [1.29, 1.82) is 0 Å². The molecule has 0 saturated carbocycles. The van der Waals surface area contributed by atoms with Gasteiger partial charge < -0.3 is 0 Å². The summed E-state index contributed by atoms with van der Waals surface area (Å²) in [6.07, 6.45) is 0. The molecule has 0 unspecified atom stereocenters. The minimum Gasteiger partial charge on any atom is -0.295 e. The molecule has 0 aliphatic heterocycles. The first kappa shape index (κ1) is 25.3. The number of nitro groups is 1. The van der Waals surface area contributed by atoms with E-state index in [1.165, 1.54) is 21.5 Å². The molecule has 0 amide bonds. The predicted molar refractivity (Wildman–Crippen MR) is 146 cm³/mol. The molecule has 0 spiro atoms. The second-order valence-corrected chi connectivity index (χ2v) is 9.69. The van der Waals surface area contributed by atoms with Gasteiger partial charge in [-0.3, -0.25) is 29.9 Å². The number of nitrogens with one attached hydrogen (secondary N) is 2. The second-order valence-electron chi connectivity index (χ2n) is 8.82. The van der Waals surface area contributed by atoms with Gasteiger partial charge in [-0.05, 0) is 67.9 Å². The first-order valence-corrected chi connectivity index (χ1v) is 12.3. The maximum absolute atomic E-state index is 13.9. The third-order valence-electron chi connectivity index (χ3n) is 6.40. The molecule has 192 valence electrons. The van der Waals surface area contributed by atoms with Gasteiger partial charge in [-0.15, -0.1) is 0 Å². The first-order valence-electron chi connectivity index (χ1n) is 11.5. The number of aromatic amines is 2. The van der Waals surface area contributed by atoms with E-state index in [0.717, 1.165) is 0 Å². The molecular weight excluding hydrogens is 529 g/mol. The molecular formula is C27H21Cl2N5O4. The fourth-order valence-corrected chi connectivity index (χ4v) is 4.89. The van der Waals surface area contributed by atoms with Gasteiger partial charge in [0.2, 0.25) is 0 Å². The normalized spacial score (nSPS) is 11.3. The van der Waals surface area contributed by atoms with Crippen molar-refractivity contribution >= 4 is 28.9 Å². The second kappa shape index (κ2) is 9.85. The van der Waals surface area contributed by atoms with E-state index in [-0.39, 0.29) is 16.8 Å². The summed E-state index contributed by atoms with van der Waals surface area (Å²) in [5.41, 5.74) is 2.23. The Morgan fingerprint density at radius 3 is 1.63 bits per heavy atom. The van der Waals surface area contributed by atoms with E-state index in [1.807, 2.05) is 0 Å². The van der Waals surface area contributed by atoms with E-state index >= 15 is 0 Å². The van der Waals surface area contributed by atoms with Crippen molar-refractivity contribution < 1.29 is 4.92 Å². The highest BCUT2D eigenvalue weighted by atomic mass is 35.5. The Balaban J connectivity index is 1.77. The van der Waals surface area contributed by atoms with Crippen molar-refractivity contribution in [2.75, 3.05) is 0 Å². The monoisotopic (exact) mass is 549 g/mol. The summed E-state index contributed by atoms with van der Waals surface area (Å²) < 4.78 is 2.73. The maximum Gasteiger partial charge on any atom is 0.275 e. The quantitative estimate of drug-likeness (QED) is 0.210. The van der Waals surface area contributed by atoms with E-state index in [0.29, 0.717) is 49.5 Å². The molecule has 0 radical (unpaired) electrons. The Bertz CT molecular complexity index is 1680. The van der Waals surface area contributed by atoms with E-state index in [9.17, 15) is 19.7 Å². The summed E-state index contributed by atoms with van der Waals surface area (Å²) in [4.78, 5) is 38.8. The van der Waals surface area contributed by atoms with Gasteiger partial charge in [0.05, 0.1) is 27.4 Å². The van der Waals surface area contributed by atoms with Crippen molar-refractivity contribution in [2.45, 2.75) is 19.8 Å². The summed E-state index contributed by atoms with van der Waals surface area (Å²) >= 11 is 12.0. The van der Waals surface area contributed by atoms with Crippen LogP contribution in [0.25, 0.3) is 11.4 Å². The molecule has 0 atom stereocenters. The predicted octanol–water partition coefficient (Wildman–Crippen LogP) is 5.66. The molecule has 0 aliphatic carbocycles. The molecule has 2 heterocycles. The molecule has 9 nitrogen and oxygen atoms in total. The number of benzene rings is 3. The first-order chi connectivity index (χ1) is 18.2. The van der Waals surface area contributed by atoms with Gasteiger partial charge >= 0.3 is 0 Å². The van der Waals surface area contributed by atoms with E-state index in [2.05, 4.69) is 10.2 Å². The largest absolute Gasteiger partial charge is 0.295 e. The third-order valence-corrected chi connectivity index (χ3v) is 6.90. The van der Waals surface area contributed by atoms with Gasteiger partial charge in [0.25, 0.3) is 16.8 Å². The maximum atomic E-state index is 13.9. The lowest BCUT2D eigenvalue weighted by Gasteiger charge is -2.15. The van der Waals surface area contributed by atoms with Crippen LogP contribution in [-0.2, 0) is 0 Å². The molecule has 2 aromatic heterocycles. The summed E-state index contributed by atoms with van der Waals surface area (Å²) in [6.45, 7) is 3.46. The average Bonchev–Trinajstić information content (AvgIpc) is 3.36. The van der Waals surface area contributed by atoms with Crippen molar-refractivity contribution in [1.82, 2.24) is 19.6 Å². The smallest absolute Gasteiger partial charge is 0.275 e. The van der Waals surface area contributed by atoms with E-state index in [4.69, 9.17) is 23.2 Å². The van der Waals surface area contributed by atoms with E-state index in [1.54, 1.807) is 74.5 Å². The Kier molecular flexibility index (Phi) is 6.56. The van der Waals surface area contributed by atoms with Crippen molar-refractivity contribution in [3.05, 3.63) is 142 Å². The fourth-order valence-electron chi connectivity index (χ4n) is 4.64. The van der Waals surface area contributed by atoms with Crippen LogP contribution in [0.3, 0.4) is 0 Å². The highest BCUT2D eigenvalue weighted by Crippen LogP contribution is 2.34. The van der Waals surface area contributed by atoms with Crippen LogP contribution in [0.2, 0.25) is 10.0 Å². The molecule has 0 saturated heterocycles. The highest BCUT2D eigenvalue weighted by molar-refractivity contribution is 6.30. The number of hydrogen-bond donors (Lipinski definition) is 2. The number of hydrogen-bond acceptors (Lipinski definition) is 4. The molecule has 0 aliphatic rings. The minimum absolute atomic E-state index is 0.148. The van der Waals surface area contributed by atoms with Gasteiger partial charge in [-0.1, -0.05) is 35.3 Å². The number of aryl methyl sites for hydroxylation is 2. The lowest BCUT2D eigenvalue weighted by molar-refractivity contribution is -0.384. The van der Waals surface area contributed by atoms with Crippen LogP contribution in [0.4, 0.5) is 5.69 Å². The minimum atomic E-state index is -0.899. The van der Waals surface area contributed by atoms with Gasteiger partial charge in [0.1, 0.15) is 0 Å². The zero-order valence-electron chi connectivity index (χ0n) is 20.2. The number of halogens is 2. The summed E-state index contributed by atoms with van der Waals surface area (Å²) in [7, 11) is 0. The van der Waals surface area contributed by atoms with Gasteiger partial charge in [-0.2, -0.15) is 0 Å². The van der Waals surface area contributed by atoms with Crippen LogP contribution in [0.15, 0.2) is 82.4 Å². The van der Waals surface area contributed by atoms with Crippen LogP contribution >= 0.6 is 23.2 Å². The third kappa shape index (κ3) is 4.46. The van der Waals surface area contributed by atoms with Gasteiger partial charge in [-0.25, -0.2) is 9.36 Å². The molecule has 5 aromatic rings. The zero-order valence-corrected chi connectivity index (χ0v) is 21.7. The lowest BCUT2D eigenvalue weighted by atomic mass is 9.85. The molecule has 11 heteroatoms. The lowest BCUT2D eigenvalue weighted by Crippen LogP contribution is -2.25. The number of rotatable bonds is 6. The molecule has 5 rings (SSSR count). The number of aromatic nitrogens is 4. The molecule has 38 heavy (non-hydrogen) atoms. The van der Waals surface area contributed by atoms with Crippen LogP contribution in [0.1, 0.15) is 34.0 Å². The van der Waals surface area contributed by atoms with Gasteiger partial charge in [0.15, 0.2) is 0 Å². The average molecular weight is 550 g/mol. The molecule has 0 bridgehead atoms. The summed E-state index contributed by atoms with van der Waals surface area (Å²) in [6, 6.07) is 19.4. The Hall–Kier alpha value is -4.34. The van der Waals surface area contributed by atoms with Crippen LogP contribution in [0, 0.1) is 24.0 Å². The van der Waals surface area contributed by atoms with E-state index < -0.39 is 10.8 Å². The van der Waals surface area contributed by atoms with Crippen LogP contribution in [-0.4, -0.2) is 24.5 Å². The zero-order chi connectivity index (χ0) is 27.1. The summed E-state index contributed by atoms with van der Waals surface area (Å²) in [5.74, 6) is -0.899. The van der Waals surface area contributed by atoms with Crippen molar-refractivity contribution in [3.8, 4) is 11.4 Å². The number of nitrogens with zero attached hydrogens (tertiary/aromatic N) is 3. The Morgan fingerprint density at radius 2 is 1.21 bits per heavy atom. The van der Waals surface area contributed by atoms with Crippen molar-refractivity contribution in [2.24, 2.45) is 0 Å². The fraction of sp³-hybridized carbons (Fsp3) is 0.111. The van der Waals surface area contributed by atoms with Crippen LogP contribution in [0.5, 0.6) is 0 Å².